The van der Waals surface area contributed by atoms with Crippen LogP contribution in [0.25, 0.3) is 0 Å². The Kier molecular flexibility index (Phi) is 10.2. The van der Waals surface area contributed by atoms with Crippen LogP contribution >= 0.6 is 46.8 Å². The Balaban J connectivity index is 1.92. The molecular formula is C18H23N3O3S4. The van der Waals surface area contributed by atoms with Crippen LogP contribution in [0.3, 0.4) is 0 Å². The quantitative estimate of drug-likeness (QED) is 0.404. The molecule has 0 bridgehead atoms. The van der Waals surface area contributed by atoms with Gasteiger partial charge in [-0.3, -0.25) is 4.79 Å². The normalized spacial score (nSPS) is 13.0. The van der Waals surface area contributed by atoms with Gasteiger partial charge in [-0.15, -0.1) is 0 Å². The van der Waals surface area contributed by atoms with Crippen LogP contribution in [0.2, 0.25) is 0 Å². The van der Waals surface area contributed by atoms with Crippen molar-refractivity contribution in [2.45, 2.75) is 39.9 Å². The van der Waals surface area contributed by atoms with Crippen molar-refractivity contribution in [3.8, 4) is 0 Å². The van der Waals surface area contributed by atoms with E-state index in [4.69, 9.17) is 4.74 Å². The fraction of sp³-hybridized carbons (Fsp3) is 0.444. The van der Waals surface area contributed by atoms with E-state index in [9.17, 15) is 9.59 Å². The summed E-state index contributed by atoms with van der Waals surface area (Å²) in [5.41, 5.74) is 1.17. The van der Waals surface area contributed by atoms with E-state index >= 15 is 0 Å². The van der Waals surface area contributed by atoms with Gasteiger partial charge in [0.25, 0.3) is 0 Å². The molecule has 0 saturated heterocycles. The number of carbonyl (C=O) groups excluding carboxylic acids is 2. The maximum atomic E-state index is 12.7. The highest BCUT2D eigenvalue weighted by atomic mass is 32.2. The Bertz CT molecular complexity index is 758. The number of thioether (sulfide) groups is 3. The third-order valence-corrected chi connectivity index (χ3v) is 7.59. The maximum Gasteiger partial charge on any atom is 0.329 e. The summed E-state index contributed by atoms with van der Waals surface area (Å²) in [4.78, 5) is 29.2. The van der Waals surface area contributed by atoms with Gasteiger partial charge in [0.05, 0.1) is 12.4 Å². The number of ether oxygens (including phenoxy) is 1. The Morgan fingerprint density at radius 2 is 2.04 bits per heavy atom. The van der Waals surface area contributed by atoms with Crippen LogP contribution in [0.15, 0.2) is 39.8 Å². The SMILES string of the molecule is CCC(Sc1nc(SC)ns1)C(=O)NC(CSCc1ccccc1)C(=O)OC. The van der Waals surface area contributed by atoms with E-state index in [-0.39, 0.29) is 11.2 Å². The number of amides is 1. The summed E-state index contributed by atoms with van der Waals surface area (Å²) >= 11 is 5.71. The van der Waals surface area contributed by atoms with Crippen LogP contribution in [-0.2, 0) is 20.1 Å². The first kappa shape index (κ1) is 23.1. The number of nitrogens with one attached hydrogen (secondary N) is 1. The summed E-state index contributed by atoms with van der Waals surface area (Å²) in [5.74, 6) is 0.584. The molecule has 0 spiro atoms. The zero-order chi connectivity index (χ0) is 20.4. The maximum absolute atomic E-state index is 12.7. The predicted octanol–water partition coefficient (Wildman–Crippen LogP) is 3.72. The van der Waals surface area contributed by atoms with Crippen LogP contribution < -0.4 is 5.32 Å². The predicted molar refractivity (Wildman–Crippen MR) is 118 cm³/mol. The summed E-state index contributed by atoms with van der Waals surface area (Å²) in [7, 11) is 1.33. The van der Waals surface area contributed by atoms with Gasteiger partial charge in [-0.2, -0.15) is 16.1 Å². The molecule has 152 valence electrons. The third-order valence-electron chi connectivity index (χ3n) is 3.68. The molecule has 1 heterocycles. The molecule has 28 heavy (non-hydrogen) atoms. The number of carbonyl (C=O) groups is 2. The van der Waals surface area contributed by atoms with Gasteiger partial charge in [-0.05, 0) is 29.8 Å². The second-order valence-corrected chi connectivity index (χ2v) is 9.65. The number of rotatable bonds is 11. The number of nitrogens with zero attached hydrogens (tertiary/aromatic N) is 2. The van der Waals surface area contributed by atoms with Gasteiger partial charge in [-0.1, -0.05) is 60.8 Å². The van der Waals surface area contributed by atoms with Crippen molar-refractivity contribution in [2.24, 2.45) is 0 Å². The Morgan fingerprint density at radius 3 is 2.64 bits per heavy atom. The van der Waals surface area contributed by atoms with Crippen molar-refractivity contribution in [2.75, 3.05) is 19.1 Å². The largest absolute Gasteiger partial charge is 0.467 e. The van der Waals surface area contributed by atoms with E-state index in [1.54, 1.807) is 11.8 Å². The summed E-state index contributed by atoms with van der Waals surface area (Å²) in [6, 6.07) is 9.31. The Labute approximate surface area is 182 Å². The van der Waals surface area contributed by atoms with E-state index in [0.717, 1.165) is 10.1 Å². The van der Waals surface area contributed by atoms with Crippen LogP contribution in [0.4, 0.5) is 0 Å². The summed E-state index contributed by atoms with van der Waals surface area (Å²) in [6.45, 7) is 1.94. The van der Waals surface area contributed by atoms with Gasteiger partial charge >= 0.3 is 5.97 Å². The molecule has 1 aromatic carbocycles. The minimum Gasteiger partial charge on any atom is -0.467 e. The average molecular weight is 458 g/mol. The van der Waals surface area contributed by atoms with Crippen molar-refractivity contribution >= 4 is 58.7 Å². The molecule has 0 aliphatic rings. The molecule has 0 saturated carbocycles. The standard InChI is InChI=1S/C18H23N3O3S4/c1-4-14(27-18-20-17(25-3)21-28-18)15(22)19-13(16(23)24-2)11-26-10-12-8-6-5-7-9-12/h5-9,13-14H,4,10-11H2,1-3H3,(H,19,22). The fourth-order valence-corrected chi connectivity index (χ4v) is 5.61. The lowest BCUT2D eigenvalue weighted by Crippen LogP contribution is -2.46. The number of hydrogen-bond acceptors (Lipinski definition) is 9. The van der Waals surface area contributed by atoms with Crippen molar-refractivity contribution in [1.29, 1.82) is 0 Å². The van der Waals surface area contributed by atoms with Crippen molar-refractivity contribution < 1.29 is 14.3 Å². The van der Waals surface area contributed by atoms with Crippen molar-refractivity contribution in [1.82, 2.24) is 14.7 Å². The lowest BCUT2D eigenvalue weighted by Gasteiger charge is -2.19. The highest BCUT2D eigenvalue weighted by molar-refractivity contribution is 8.02. The molecule has 2 unspecified atom stereocenters. The van der Waals surface area contributed by atoms with E-state index in [1.807, 2.05) is 43.5 Å². The second kappa shape index (κ2) is 12.4. The zero-order valence-corrected chi connectivity index (χ0v) is 19.2. The molecule has 0 fully saturated rings. The number of aromatic nitrogens is 2. The van der Waals surface area contributed by atoms with E-state index in [2.05, 4.69) is 14.7 Å². The van der Waals surface area contributed by atoms with Gasteiger partial charge in [-0.25, -0.2) is 9.78 Å². The minimum atomic E-state index is -0.683. The van der Waals surface area contributed by atoms with E-state index in [1.165, 1.54) is 47.7 Å². The first-order chi connectivity index (χ1) is 13.6. The summed E-state index contributed by atoms with van der Waals surface area (Å²) in [6.07, 6.45) is 2.53. The first-order valence-corrected chi connectivity index (χ1v) is 12.6. The number of methoxy groups -OCH3 is 1. The van der Waals surface area contributed by atoms with Crippen LogP contribution in [0.5, 0.6) is 0 Å². The highest BCUT2D eigenvalue weighted by Gasteiger charge is 2.27. The van der Waals surface area contributed by atoms with Gasteiger partial charge in [0.15, 0.2) is 4.34 Å². The second-order valence-electron chi connectivity index (χ2n) is 5.65. The molecule has 2 rings (SSSR count). The Morgan fingerprint density at radius 1 is 1.29 bits per heavy atom. The molecule has 1 aromatic heterocycles. The molecule has 2 aromatic rings. The Hall–Kier alpha value is -1.23. The number of hydrogen-bond donors (Lipinski definition) is 1. The summed E-state index contributed by atoms with van der Waals surface area (Å²) < 4.78 is 9.83. The average Bonchev–Trinajstić information content (AvgIpc) is 3.19. The molecule has 1 N–H and O–H groups in total. The number of benzene rings is 1. The lowest BCUT2D eigenvalue weighted by molar-refractivity contribution is -0.144. The fourth-order valence-electron chi connectivity index (χ4n) is 2.22. The van der Waals surface area contributed by atoms with Crippen LogP contribution in [-0.4, -0.2) is 51.6 Å². The summed E-state index contributed by atoms with van der Waals surface area (Å²) in [5, 5.41) is 3.20. The molecular weight excluding hydrogens is 434 g/mol. The molecule has 2 atom stereocenters. The topological polar surface area (TPSA) is 81.2 Å². The van der Waals surface area contributed by atoms with Gasteiger partial charge in [0.1, 0.15) is 6.04 Å². The monoisotopic (exact) mass is 457 g/mol. The van der Waals surface area contributed by atoms with E-state index in [0.29, 0.717) is 17.3 Å². The van der Waals surface area contributed by atoms with Crippen molar-refractivity contribution in [3.63, 3.8) is 0 Å². The van der Waals surface area contributed by atoms with Crippen LogP contribution in [0.1, 0.15) is 18.9 Å². The molecule has 0 aliphatic carbocycles. The highest BCUT2D eigenvalue weighted by Crippen LogP contribution is 2.29. The molecule has 6 nitrogen and oxygen atoms in total. The van der Waals surface area contributed by atoms with Gasteiger partial charge < -0.3 is 10.1 Å². The van der Waals surface area contributed by atoms with Crippen molar-refractivity contribution in [3.05, 3.63) is 35.9 Å². The lowest BCUT2D eigenvalue weighted by atomic mass is 10.2. The third kappa shape index (κ3) is 7.31. The molecule has 1 amide bonds. The van der Waals surface area contributed by atoms with Crippen LogP contribution in [0, 0.1) is 0 Å². The zero-order valence-electron chi connectivity index (χ0n) is 15.9. The molecule has 0 radical (unpaired) electrons. The molecule has 10 heteroatoms. The minimum absolute atomic E-state index is 0.191. The molecule has 0 aliphatic heterocycles. The van der Waals surface area contributed by atoms with E-state index < -0.39 is 12.0 Å². The van der Waals surface area contributed by atoms with Gasteiger partial charge in [0.2, 0.25) is 11.1 Å². The first-order valence-electron chi connectivity index (χ1n) is 8.61. The van der Waals surface area contributed by atoms with Gasteiger partial charge in [0, 0.05) is 11.5 Å². The number of esters is 1. The smallest absolute Gasteiger partial charge is 0.329 e.